The van der Waals surface area contributed by atoms with Gasteiger partial charge in [-0.1, -0.05) is 64.5 Å². The van der Waals surface area contributed by atoms with Gasteiger partial charge in [0.1, 0.15) is 0 Å². The molecule has 0 fully saturated rings. The van der Waals surface area contributed by atoms with Crippen molar-refractivity contribution in [1.82, 2.24) is 0 Å². The van der Waals surface area contributed by atoms with Crippen LogP contribution in [0, 0.1) is 0 Å². The maximum Gasteiger partial charge on any atom is 0.0429 e. The van der Waals surface area contributed by atoms with Gasteiger partial charge in [0.2, 0.25) is 0 Å². The molecular weight excluding hydrogens is 274 g/mol. The second kappa shape index (κ2) is 6.45. The van der Waals surface area contributed by atoms with Gasteiger partial charge in [0.25, 0.3) is 0 Å². The summed E-state index contributed by atoms with van der Waals surface area (Å²) in [6.45, 7) is 1.97. The van der Waals surface area contributed by atoms with E-state index in [1.165, 1.54) is 11.3 Å². The van der Waals surface area contributed by atoms with E-state index in [-0.39, 0.29) is 0 Å². The zero-order chi connectivity index (χ0) is 11.9. The molecule has 0 spiro atoms. The number of hydrogen-bond acceptors (Lipinski definition) is 1. The summed E-state index contributed by atoms with van der Waals surface area (Å²) in [6.07, 6.45) is 0. The smallest absolute Gasteiger partial charge is 0.0429 e. The zero-order valence-electron chi connectivity index (χ0n) is 9.72. The molecule has 0 bridgehead atoms. The normalized spacial score (nSPS) is 10.2. The van der Waals surface area contributed by atoms with Gasteiger partial charge in [-0.15, -0.1) is 0 Å². The van der Waals surface area contributed by atoms with E-state index in [0.717, 1.165) is 18.4 Å². The third-order valence-electron chi connectivity index (χ3n) is 2.69. The first kappa shape index (κ1) is 12.2. The summed E-state index contributed by atoms with van der Waals surface area (Å²) in [5.41, 5.74) is 2.62. The Hall–Kier alpha value is -1.28. The minimum absolute atomic E-state index is 0.955. The Labute approximate surface area is 111 Å². The van der Waals surface area contributed by atoms with Crippen molar-refractivity contribution in [3.63, 3.8) is 0 Å². The lowest BCUT2D eigenvalue weighted by molar-refractivity contribution is 0.840. The van der Waals surface area contributed by atoms with Gasteiger partial charge in [0.05, 0.1) is 0 Å². The van der Waals surface area contributed by atoms with Crippen molar-refractivity contribution in [2.75, 3.05) is 16.8 Å². The number of alkyl halides is 1. The molecule has 0 aromatic heterocycles. The largest absolute Gasteiger partial charge is 0.366 e. The predicted molar refractivity (Wildman–Crippen MR) is 77.7 cm³/mol. The Kier molecular flexibility index (Phi) is 4.63. The lowest BCUT2D eigenvalue weighted by Gasteiger charge is -2.24. The molecule has 2 aromatic rings. The Morgan fingerprint density at radius 2 is 1.41 bits per heavy atom. The van der Waals surface area contributed by atoms with Gasteiger partial charge in [-0.3, -0.25) is 0 Å². The number of halogens is 1. The Morgan fingerprint density at radius 1 is 0.824 bits per heavy atom. The molecule has 0 heterocycles. The van der Waals surface area contributed by atoms with E-state index >= 15 is 0 Å². The fraction of sp³-hybridized carbons (Fsp3) is 0.200. The van der Waals surface area contributed by atoms with Crippen LogP contribution in [0.4, 0.5) is 5.69 Å². The molecule has 0 atom stereocenters. The topological polar surface area (TPSA) is 3.24 Å². The lowest BCUT2D eigenvalue weighted by Crippen LogP contribution is -2.24. The second-order valence-corrected chi connectivity index (χ2v) is 4.72. The Balaban J connectivity index is 2.13. The van der Waals surface area contributed by atoms with Gasteiger partial charge in [-0.05, 0) is 17.7 Å². The van der Waals surface area contributed by atoms with Crippen molar-refractivity contribution >= 4 is 21.6 Å². The van der Waals surface area contributed by atoms with Crippen molar-refractivity contribution in [2.24, 2.45) is 0 Å². The molecule has 0 radical (unpaired) electrons. The van der Waals surface area contributed by atoms with Crippen LogP contribution in [0.3, 0.4) is 0 Å². The number of hydrogen-bond donors (Lipinski definition) is 0. The average molecular weight is 290 g/mol. The number of anilines is 1. The highest BCUT2D eigenvalue weighted by Crippen LogP contribution is 2.16. The van der Waals surface area contributed by atoms with Gasteiger partial charge in [-0.25, -0.2) is 0 Å². The van der Waals surface area contributed by atoms with Gasteiger partial charge < -0.3 is 4.90 Å². The zero-order valence-corrected chi connectivity index (χ0v) is 11.3. The van der Waals surface area contributed by atoms with Crippen molar-refractivity contribution < 1.29 is 0 Å². The molecule has 0 amide bonds. The van der Waals surface area contributed by atoms with E-state index < -0.39 is 0 Å². The Bertz CT molecular complexity index is 427. The van der Waals surface area contributed by atoms with Crippen LogP contribution in [0.5, 0.6) is 0 Å². The van der Waals surface area contributed by atoms with Gasteiger partial charge >= 0.3 is 0 Å². The molecule has 2 rings (SSSR count). The van der Waals surface area contributed by atoms with Gasteiger partial charge in [-0.2, -0.15) is 0 Å². The van der Waals surface area contributed by atoms with E-state index in [0.29, 0.717) is 0 Å². The fourth-order valence-corrected chi connectivity index (χ4v) is 2.27. The van der Waals surface area contributed by atoms with E-state index in [4.69, 9.17) is 0 Å². The number of rotatable bonds is 5. The molecular formula is C15H16BrN. The van der Waals surface area contributed by atoms with Crippen LogP contribution in [0.25, 0.3) is 0 Å². The third-order valence-corrected chi connectivity index (χ3v) is 3.05. The molecule has 0 saturated heterocycles. The summed E-state index contributed by atoms with van der Waals surface area (Å²) in [4.78, 5) is 2.38. The first-order valence-corrected chi connectivity index (χ1v) is 6.92. The first-order valence-electron chi connectivity index (χ1n) is 5.80. The molecule has 2 heteroatoms. The highest BCUT2D eigenvalue weighted by Gasteiger charge is 2.05. The molecule has 2 aromatic carbocycles. The quantitative estimate of drug-likeness (QED) is 0.750. The molecule has 0 unspecified atom stereocenters. The molecule has 0 N–H and O–H groups in total. The van der Waals surface area contributed by atoms with Gasteiger partial charge in [0, 0.05) is 24.1 Å². The highest BCUT2D eigenvalue weighted by molar-refractivity contribution is 9.09. The highest BCUT2D eigenvalue weighted by atomic mass is 79.9. The molecule has 0 saturated carbocycles. The molecule has 0 aliphatic carbocycles. The first-order chi connectivity index (χ1) is 8.40. The molecule has 1 nitrogen and oxygen atoms in total. The van der Waals surface area contributed by atoms with E-state index in [1.807, 2.05) is 0 Å². The second-order valence-electron chi connectivity index (χ2n) is 3.93. The van der Waals surface area contributed by atoms with Crippen LogP contribution in [-0.4, -0.2) is 11.9 Å². The third kappa shape index (κ3) is 3.60. The average Bonchev–Trinajstić information content (AvgIpc) is 2.40. The van der Waals surface area contributed by atoms with Crippen LogP contribution in [0.2, 0.25) is 0 Å². The maximum atomic E-state index is 3.52. The molecule has 0 aliphatic heterocycles. The summed E-state index contributed by atoms with van der Waals surface area (Å²) in [5, 5.41) is 0.981. The summed E-state index contributed by atoms with van der Waals surface area (Å²) in [6, 6.07) is 21.1. The summed E-state index contributed by atoms with van der Waals surface area (Å²) in [7, 11) is 0. The summed E-state index contributed by atoms with van der Waals surface area (Å²) >= 11 is 3.52. The van der Waals surface area contributed by atoms with E-state index in [1.54, 1.807) is 0 Å². The SMILES string of the molecule is BrCCN(Cc1ccccc1)c1ccccc1. The van der Waals surface area contributed by atoms with Crippen molar-refractivity contribution in [3.8, 4) is 0 Å². The van der Waals surface area contributed by atoms with Crippen molar-refractivity contribution in [2.45, 2.75) is 6.54 Å². The minimum atomic E-state index is 0.955. The molecule has 88 valence electrons. The number of para-hydroxylation sites is 1. The predicted octanol–water partition coefficient (Wildman–Crippen LogP) is 4.09. The van der Waals surface area contributed by atoms with Crippen LogP contribution < -0.4 is 4.90 Å². The van der Waals surface area contributed by atoms with Gasteiger partial charge in [0.15, 0.2) is 0 Å². The summed E-state index contributed by atoms with van der Waals surface area (Å²) < 4.78 is 0. The standard InChI is InChI=1S/C15H16BrN/c16-11-12-17(15-9-5-2-6-10-15)13-14-7-3-1-4-8-14/h1-10H,11-13H2. The summed E-state index contributed by atoms with van der Waals surface area (Å²) in [5.74, 6) is 0. The van der Waals surface area contributed by atoms with E-state index in [9.17, 15) is 0 Å². The Morgan fingerprint density at radius 3 is 2.00 bits per heavy atom. The lowest BCUT2D eigenvalue weighted by atomic mass is 10.2. The fourth-order valence-electron chi connectivity index (χ4n) is 1.84. The van der Waals surface area contributed by atoms with Crippen LogP contribution >= 0.6 is 15.9 Å². The van der Waals surface area contributed by atoms with Crippen LogP contribution in [0.15, 0.2) is 60.7 Å². The van der Waals surface area contributed by atoms with Crippen molar-refractivity contribution in [1.29, 1.82) is 0 Å². The number of benzene rings is 2. The van der Waals surface area contributed by atoms with Crippen molar-refractivity contribution in [3.05, 3.63) is 66.2 Å². The van der Waals surface area contributed by atoms with Crippen LogP contribution in [0.1, 0.15) is 5.56 Å². The van der Waals surface area contributed by atoms with Crippen LogP contribution in [-0.2, 0) is 6.54 Å². The van der Waals surface area contributed by atoms with E-state index in [2.05, 4.69) is 81.5 Å². The minimum Gasteiger partial charge on any atom is -0.366 e. The maximum absolute atomic E-state index is 3.52. The monoisotopic (exact) mass is 289 g/mol. The molecule has 17 heavy (non-hydrogen) atoms. The number of nitrogens with zero attached hydrogens (tertiary/aromatic N) is 1. The molecule has 0 aliphatic rings.